The first-order valence-corrected chi connectivity index (χ1v) is 7.94. The van der Waals surface area contributed by atoms with Gasteiger partial charge in [0.15, 0.2) is 0 Å². The highest BCUT2D eigenvalue weighted by molar-refractivity contribution is 8.01. The van der Waals surface area contributed by atoms with Crippen molar-refractivity contribution in [2.75, 3.05) is 45.1 Å². The van der Waals surface area contributed by atoms with E-state index >= 15 is 0 Å². The molecule has 2 heterocycles. The van der Waals surface area contributed by atoms with Crippen LogP contribution in [0, 0.1) is 0 Å². The Labute approximate surface area is 116 Å². The van der Waals surface area contributed by atoms with E-state index in [1.807, 2.05) is 17.5 Å². The summed E-state index contributed by atoms with van der Waals surface area (Å²) in [4.78, 5) is 13.9. The molecule has 18 heavy (non-hydrogen) atoms. The second-order valence-corrected chi connectivity index (χ2v) is 6.25. The predicted octanol–water partition coefficient (Wildman–Crippen LogP) is 1.29. The molecule has 1 N–H and O–H groups in total. The van der Waals surface area contributed by atoms with E-state index in [0.717, 1.165) is 39.4 Å². The standard InChI is InChI=1S/C12H18N2O2S2/c15-11(10-18-12-2-1-9-17-12)13-3-4-14-5-7-16-8-6-14/h1-2,9H,3-8,10H2,(H,13,15). The number of carbonyl (C=O) groups excluding carboxylic acids is 1. The maximum Gasteiger partial charge on any atom is 0.230 e. The first-order chi connectivity index (χ1) is 8.84. The van der Waals surface area contributed by atoms with Crippen LogP contribution in [-0.4, -0.2) is 56.0 Å². The molecule has 0 unspecified atom stereocenters. The van der Waals surface area contributed by atoms with Crippen molar-refractivity contribution < 1.29 is 9.53 Å². The number of amides is 1. The van der Waals surface area contributed by atoms with E-state index in [0.29, 0.717) is 5.75 Å². The number of rotatable bonds is 6. The lowest BCUT2D eigenvalue weighted by Gasteiger charge is -2.26. The van der Waals surface area contributed by atoms with Gasteiger partial charge in [-0.15, -0.1) is 23.1 Å². The number of thioether (sulfide) groups is 1. The molecule has 1 aliphatic heterocycles. The summed E-state index contributed by atoms with van der Waals surface area (Å²) in [6, 6.07) is 4.04. The monoisotopic (exact) mass is 286 g/mol. The van der Waals surface area contributed by atoms with Crippen molar-refractivity contribution in [1.82, 2.24) is 10.2 Å². The summed E-state index contributed by atoms with van der Waals surface area (Å²) in [6.07, 6.45) is 0. The quantitative estimate of drug-likeness (QED) is 0.800. The molecule has 0 radical (unpaired) electrons. The lowest BCUT2D eigenvalue weighted by molar-refractivity contribution is -0.118. The predicted molar refractivity (Wildman–Crippen MR) is 75.3 cm³/mol. The minimum Gasteiger partial charge on any atom is -0.379 e. The molecule has 2 rings (SSSR count). The molecule has 0 aliphatic carbocycles. The Morgan fingerprint density at radius 3 is 3.06 bits per heavy atom. The van der Waals surface area contributed by atoms with Crippen molar-refractivity contribution >= 4 is 29.0 Å². The average Bonchev–Trinajstić information content (AvgIpc) is 2.91. The number of ether oxygens (including phenoxy) is 1. The highest BCUT2D eigenvalue weighted by Gasteiger charge is 2.10. The van der Waals surface area contributed by atoms with E-state index in [4.69, 9.17) is 4.74 Å². The van der Waals surface area contributed by atoms with E-state index in [2.05, 4.69) is 10.2 Å². The van der Waals surface area contributed by atoms with Gasteiger partial charge >= 0.3 is 0 Å². The first kappa shape index (κ1) is 13.9. The van der Waals surface area contributed by atoms with Crippen LogP contribution >= 0.6 is 23.1 Å². The Bertz CT molecular complexity index is 351. The van der Waals surface area contributed by atoms with Gasteiger partial charge in [0.25, 0.3) is 0 Å². The van der Waals surface area contributed by atoms with Crippen LogP contribution in [0.5, 0.6) is 0 Å². The Kier molecular flexibility index (Phi) is 5.99. The van der Waals surface area contributed by atoms with E-state index in [1.54, 1.807) is 23.1 Å². The molecule has 6 heteroatoms. The number of nitrogens with zero attached hydrogens (tertiary/aromatic N) is 1. The van der Waals surface area contributed by atoms with Gasteiger partial charge < -0.3 is 10.1 Å². The molecule has 1 fully saturated rings. The number of hydrogen-bond donors (Lipinski definition) is 1. The summed E-state index contributed by atoms with van der Waals surface area (Å²) in [5.41, 5.74) is 0. The van der Waals surface area contributed by atoms with Gasteiger partial charge in [-0.3, -0.25) is 9.69 Å². The molecule has 0 spiro atoms. The van der Waals surface area contributed by atoms with Crippen molar-refractivity contribution in [3.8, 4) is 0 Å². The van der Waals surface area contributed by atoms with Crippen LogP contribution in [0.3, 0.4) is 0 Å². The molecule has 1 aromatic rings. The van der Waals surface area contributed by atoms with Crippen molar-refractivity contribution in [2.45, 2.75) is 4.21 Å². The third kappa shape index (κ3) is 4.97. The van der Waals surface area contributed by atoms with Gasteiger partial charge in [-0.1, -0.05) is 6.07 Å². The largest absolute Gasteiger partial charge is 0.379 e. The van der Waals surface area contributed by atoms with Gasteiger partial charge in [-0.2, -0.15) is 0 Å². The number of thiophene rings is 1. The summed E-state index contributed by atoms with van der Waals surface area (Å²) in [7, 11) is 0. The van der Waals surface area contributed by atoms with Crippen LogP contribution < -0.4 is 5.32 Å². The van der Waals surface area contributed by atoms with Gasteiger partial charge in [0, 0.05) is 26.2 Å². The van der Waals surface area contributed by atoms with Crippen molar-refractivity contribution in [3.05, 3.63) is 17.5 Å². The molecule has 1 aliphatic rings. The fourth-order valence-electron chi connectivity index (χ4n) is 1.71. The van der Waals surface area contributed by atoms with Crippen LogP contribution in [0.4, 0.5) is 0 Å². The molecular formula is C12H18N2O2S2. The third-order valence-corrected chi connectivity index (χ3v) is 4.83. The highest BCUT2D eigenvalue weighted by Crippen LogP contribution is 2.22. The molecule has 1 aromatic heterocycles. The van der Waals surface area contributed by atoms with Crippen LogP contribution in [-0.2, 0) is 9.53 Å². The molecule has 0 bridgehead atoms. The molecule has 1 saturated heterocycles. The fourth-order valence-corrected chi connectivity index (χ4v) is 3.33. The van der Waals surface area contributed by atoms with E-state index < -0.39 is 0 Å². The van der Waals surface area contributed by atoms with Gasteiger partial charge in [0.1, 0.15) is 0 Å². The summed E-state index contributed by atoms with van der Waals surface area (Å²) < 4.78 is 6.47. The minimum atomic E-state index is 0.113. The molecular weight excluding hydrogens is 268 g/mol. The topological polar surface area (TPSA) is 41.6 Å². The number of morpholine rings is 1. The minimum absolute atomic E-state index is 0.113. The summed E-state index contributed by atoms with van der Waals surface area (Å²) in [5, 5.41) is 4.98. The Hall–Kier alpha value is -0.560. The first-order valence-electron chi connectivity index (χ1n) is 6.08. The van der Waals surface area contributed by atoms with E-state index in [-0.39, 0.29) is 5.91 Å². The zero-order chi connectivity index (χ0) is 12.6. The van der Waals surface area contributed by atoms with E-state index in [9.17, 15) is 4.79 Å². The zero-order valence-corrected chi connectivity index (χ0v) is 11.9. The van der Waals surface area contributed by atoms with Crippen LogP contribution in [0.15, 0.2) is 21.7 Å². The van der Waals surface area contributed by atoms with Crippen LogP contribution in [0.1, 0.15) is 0 Å². The Balaban J connectivity index is 1.54. The Morgan fingerprint density at radius 1 is 1.50 bits per heavy atom. The normalized spacial score (nSPS) is 16.7. The maximum atomic E-state index is 11.6. The average molecular weight is 286 g/mol. The van der Waals surface area contributed by atoms with E-state index in [1.165, 1.54) is 4.21 Å². The molecule has 100 valence electrons. The molecule has 0 saturated carbocycles. The van der Waals surface area contributed by atoms with Crippen LogP contribution in [0.2, 0.25) is 0 Å². The third-order valence-electron chi connectivity index (χ3n) is 2.69. The second kappa shape index (κ2) is 7.78. The molecule has 1 amide bonds. The van der Waals surface area contributed by atoms with Crippen LogP contribution in [0.25, 0.3) is 0 Å². The van der Waals surface area contributed by atoms with Gasteiger partial charge in [0.2, 0.25) is 5.91 Å². The second-order valence-electron chi connectivity index (χ2n) is 4.02. The Morgan fingerprint density at radius 2 is 2.33 bits per heavy atom. The maximum absolute atomic E-state index is 11.6. The SMILES string of the molecule is O=C(CSc1cccs1)NCCN1CCOCC1. The fraction of sp³-hybridized carbons (Fsp3) is 0.583. The summed E-state index contributed by atoms with van der Waals surface area (Å²) in [5.74, 6) is 0.616. The van der Waals surface area contributed by atoms with Crippen molar-refractivity contribution in [1.29, 1.82) is 0 Å². The van der Waals surface area contributed by atoms with Gasteiger partial charge in [-0.05, 0) is 11.4 Å². The number of nitrogens with one attached hydrogen (secondary N) is 1. The van der Waals surface area contributed by atoms with Gasteiger partial charge in [0.05, 0.1) is 23.2 Å². The zero-order valence-electron chi connectivity index (χ0n) is 10.3. The van der Waals surface area contributed by atoms with Gasteiger partial charge in [-0.25, -0.2) is 0 Å². The lowest BCUT2D eigenvalue weighted by Crippen LogP contribution is -2.41. The molecule has 0 atom stereocenters. The van der Waals surface area contributed by atoms with Crippen molar-refractivity contribution in [2.24, 2.45) is 0 Å². The lowest BCUT2D eigenvalue weighted by atomic mass is 10.4. The smallest absolute Gasteiger partial charge is 0.230 e. The number of hydrogen-bond acceptors (Lipinski definition) is 5. The molecule has 4 nitrogen and oxygen atoms in total. The number of carbonyl (C=O) groups is 1. The van der Waals surface area contributed by atoms with Crippen molar-refractivity contribution in [3.63, 3.8) is 0 Å². The molecule has 0 aromatic carbocycles. The summed E-state index contributed by atoms with van der Waals surface area (Å²) >= 11 is 3.27. The summed E-state index contributed by atoms with van der Waals surface area (Å²) in [6.45, 7) is 5.20. The highest BCUT2D eigenvalue weighted by atomic mass is 32.2.